The van der Waals surface area contributed by atoms with Crippen molar-refractivity contribution in [2.24, 2.45) is 5.14 Å². The van der Waals surface area contributed by atoms with E-state index in [9.17, 15) is 13.2 Å². The van der Waals surface area contributed by atoms with Crippen molar-refractivity contribution in [2.45, 2.75) is 18.7 Å². The third-order valence-electron chi connectivity index (χ3n) is 5.39. The molecule has 2 aromatic carbocycles. The second-order valence-electron chi connectivity index (χ2n) is 7.28. The molecule has 0 unspecified atom stereocenters. The van der Waals surface area contributed by atoms with Gasteiger partial charge in [0.2, 0.25) is 10.0 Å². The molecule has 1 heterocycles. The van der Waals surface area contributed by atoms with Crippen molar-refractivity contribution in [1.29, 1.82) is 0 Å². The highest BCUT2D eigenvalue weighted by Crippen LogP contribution is 2.27. The molecule has 1 amide bonds. The summed E-state index contributed by atoms with van der Waals surface area (Å²) >= 11 is 0. The SMILES string of the molecule is CCN1CCN(c2ccc(NC(=O)c3cc(S(N)(=O)=O)ccc3OC)c(C)c2)CC1. The number of anilines is 2. The zero-order chi connectivity index (χ0) is 21.9. The molecule has 1 aliphatic heterocycles. The van der Waals surface area contributed by atoms with Gasteiger partial charge >= 0.3 is 0 Å². The maximum absolute atomic E-state index is 12.8. The van der Waals surface area contributed by atoms with Gasteiger partial charge in [-0.1, -0.05) is 6.92 Å². The second-order valence-corrected chi connectivity index (χ2v) is 8.84. The number of rotatable bonds is 6. The largest absolute Gasteiger partial charge is 0.496 e. The summed E-state index contributed by atoms with van der Waals surface area (Å²) in [6, 6.07) is 9.85. The molecule has 3 N–H and O–H groups in total. The number of sulfonamides is 1. The number of benzene rings is 2. The molecular weight excluding hydrogens is 404 g/mol. The average Bonchev–Trinajstić information content (AvgIpc) is 2.74. The van der Waals surface area contributed by atoms with Crippen LogP contribution in [0.2, 0.25) is 0 Å². The Labute approximate surface area is 177 Å². The van der Waals surface area contributed by atoms with E-state index >= 15 is 0 Å². The molecule has 0 saturated carbocycles. The Bertz CT molecular complexity index is 1030. The van der Waals surface area contributed by atoms with Gasteiger partial charge in [-0.2, -0.15) is 0 Å². The lowest BCUT2D eigenvalue weighted by Crippen LogP contribution is -2.46. The molecule has 0 spiro atoms. The molecule has 3 rings (SSSR count). The predicted molar refractivity (Wildman–Crippen MR) is 118 cm³/mol. The fraction of sp³-hybridized carbons (Fsp3) is 0.381. The smallest absolute Gasteiger partial charge is 0.259 e. The summed E-state index contributed by atoms with van der Waals surface area (Å²) in [6.07, 6.45) is 0. The molecule has 30 heavy (non-hydrogen) atoms. The first-order valence-electron chi connectivity index (χ1n) is 9.83. The first-order valence-corrected chi connectivity index (χ1v) is 11.4. The van der Waals surface area contributed by atoms with Crippen LogP contribution in [0.25, 0.3) is 0 Å². The van der Waals surface area contributed by atoms with E-state index in [1.165, 1.54) is 25.3 Å². The Morgan fingerprint density at radius 3 is 2.40 bits per heavy atom. The van der Waals surface area contributed by atoms with Gasteiger partial charge in [0.05, 0.1) is 17.6 Å². The third-order valence-corrected chi connectivity index (χ3v) is 6.30. The number of aryl methyl sites for hydroxylation is 1. The van der Waals surface area contributed by atoms with Gasteiger partial charge in [-0.25, -0.2) is 13.6 Å². The number of carbonyl (C=O) groups excluding carboxylic acids is 1. The van der Waals surface area contributed by atoms with E-state index in [-0.39, 0.29) is 16.2 Å². The quantitative estimate of drug-likeness (QED) is 0.724. The summed E-state index contributed by atoms with van der Waals surface area (Å²) < 4.78 is 28.5. The lowest BCUT2D eigenvalue weighted by molar-refractivity contribution is 0.102. The summed E-state index contributed by atoms with van der Waals surface area (Å²) in [5.41, 5.74) is 2.79. The molecule has 0 bridgehead atoms. The highest BCUT2D eigenvalue weighted by atomic mass is 32.2. The summed E-state index contributed by atoms with van der Waals surface area (Å²) in [5, 5.41) is 8.04. The molecule has 1 fully saturated rings. The van der Waals surface area contributed by atoms with E-state index < -0.39 is 15.9 Å². The van der Waals surface area contributed by atoms with Crippen molar-refractivity contribution < 1.29 is 17.9 Å². The number of likely N-dealkylation sites (N-methyl/N-ethyl adjacent to an activating group) is 1. The number of ether oxygens (including phenoxy) is 1. The molecule has 0 radical (unpaired) electrons. The number of nitrogens with one attached hydrogen (secondary N) is 1. The van der Waals surface area contributed by atoms with E-state index in [4.69, 9.17) is 9.88 Å². The van der Waals surface area contributed by atoms with Gasteiger partial charge in [0.1, 0.15) is 5.75 Å². The second kappa shape index (κ2) is 9.03. The minimum Gasteiger partial charge on any atom is -0.496 e. The van der Waals surface area contributed by atoms with Crippen LogP contribution < -0.4 is 20.1 Å². The molecule has 0 aromatic heterocycles. The molecule has 0 aliphatic carbocycles. The molecule has 1 aliphatic rings. The van der Waals surface area contributed by atoms with Gasteiger partial charge in [-0.15, -0.1) is 0 Å². The number of amides is 1. The number of piperazine rings is 1. The lowest BCUT2D eigenvalue weighted by Gasteiger charge is -2.35. The monoisotopic (exact) mass is 432 g/mol. The molecule has 162 valence electrons. The fourth-order valence-electron chi connectivity index (χ4n) is 3.54. The zero-order valence-corrected chi connectivity index (χ0v) is 18.3. The first kappa shape index (κ1) is 22.1. The Hall–Kier alpha value is -2.62. The first-order chi connectivity index (χ1) is 14.2. The number of nitrogens with zero attached hydrogens (tertiary/aromatic N) is 2. The number of nitrogens with two attached hydrogens (primary N) is 1. The average molecular weight is 433 g/mol. The van der Waals surface area contributed by atoms with E-state index in [1.54, 1.807) is 0 Å². The molecule has 9 heteroatoms. The Morgan fingerprint density at radius 2 is 1.83 bits per heavy atom. The van der Waals surface area contributed by atoms with Gasteiger partial charge in [-0.05, 0) is 55.4 Å². The van der Waals surface area contributed by atoms with Crippen LogP contribution >= 0.6 is 0 Å². The summed E-state index contributed by atoms with van der Waals surface area (Å²) in [4.78, 5) is 17.4. The summed E-state index contributed by atoms with van der Waals surface area (Å²) in [6.45, 7) is 9.17. The highest BCUT2D eigenvalue weighted by Gasteiger charge is 2.19. The van der Waals surface area contributed by atoms with Crippen LogP contribution in [0, 0.1) is 6.92 Å². The van der Waals surface area contributed by atoms with Crippen molar-refractivity contribution >= 4 is 27.3 Å². The van der Waals surface area contributed by atoms with Gasteiger partial charge in [0.25, 0.3) is 5.91 Å². The van der Waals surface area contributed by atoms with Crippen molar-refractivity contribution in [2.75, 3.05) is 50.1 Å². The van der Waals surface area contributed by atoms with Crippen LogP contribution in [0.1, 0.15) is 22.8 Å². The van der Waals surface area contributed by atoms with Crippen molar-refractivity contribution in [1.82, 2.24) is 4.90 Å². The van der Waals surface area contributed by atoms with E-state index in [1.807, 2.05) is 19.1 Å². The standard InChI is InChI=1S/C21H28N4O4S/c1-4-24-9-11-25(12-10-24)16-5-7-19(15(2)13-16)23-21(26)18-14-17(30(22,27)28)6-8-20(18)29-3/h5-8,13-14H,4,9-12H2,1-3H3,(H,23,26)(H2,22,27,28). The van der Waals surface area contributed by atoms with Gasteiger partial charge < -0.3 is 19.9 Å². The van der Waals surface area contributed by atoms with Crippen LogP contribution in [-0.2, 0) is 10.0 Å². The number of carbonyl (C=O) groups is 1. The molecule has 0 atom stereocenters. The number of methoxy groups -OCH3 is 1. The molecule has 1 saturated heterocycles. The Morgan fingerprint density at radius 1 is 1.13 bits per heavy atom. The topological polar surface area (TPSA) is 105 Å². The van der Waals surface area contributed by atoms with Crippen LogP contribution in [0.5, 0.6) is 5.75 Å². The zero-order valence-electron chi connectivity index (χ0n) is 17.5. The van der Waals surface area contributed by atoms with Crippen LogP contribution in [-0.4, -0.2) is 59.1 Å². The van der Waals surface area contributed by atoms with Crippen LogP contribution in [0.3, 0.4) is 0 Å². The fourth-order valence-corrected chi connectivity index (χ4v) is 4.08. The lowest BCUT2D eigenvalue weighted by atomic mass is 10.1. The minimum absolute atomic E-state index is 0.100. The van der Waals surface area contributed by atoms with Crippen molar-refractivity contribution in [3.63, 3.8) is 0 Å². The predicted octanol–water partition coefficient (Wildman–Crippen LogP) is 2.05. The third kappa shape index (κ3) is 4.92. The van der Waals surface area contributed by atoms with Gasteiger partial charge in [0, 0.05) is 37.6 Å². The number of primary sulfonamides is 1. The van der Waals surface area contributed by atoms with Crippen molar-refractivity contribution in [3.8, 4) is 5.75 Å². The Kier molecular flexibility index (Phi) is 6.64. The molecular formula is C21H28N4O4S. The summed E-state index contributed by atoms with van der Waals surface area (Å²) in [7, 11) is -2.52. The van der Waals surface area contributed by atoms with Crippen LogP contribution in [0.4, 0.5) is 11.4 Å². The maximum Gasteiger partial charge on any atom is 0.259 e. The maximum atomic E-state index is 12.8. The molecule has 2 aromatic rings. The van der Waals surface area contributed by atoms with Crippen LogP contribution in [0.15, 0.2) is 41.3 Å². The highest BCUT2D eigenvalue weighted by molar-refractivity contribution is 7.89. The Balaban J connectivity index is 1.79. The summed E-state index contributed by atoms with van der Waals surface area (Å²) in [5.74, 6) is -0.201. The van der Waals surface area contributed by atoms with Gasteiger partial charge in [0.15, 0.2) is 0 Å². The van der Waals surface area contributed by atoms with E-state index in [2.05, 4.69) is 28.1 Å². The van der Waals surface area contributed by atoms with Crippen molar-refractivity contribution in [3.05, 3.63) is 47.5 Å². The van der Waals surface area contributed by atoms with Gasteiger partial charge in [-0.3, -0.25) is 4.79 Å². The van der Waals surface area contributed by atoms with E-state index in [0.29, 0.717) is 5.69 Å². The molecule has 8 nitrogen and oxygen atoms in total. The normalized spacial score (nSPS) is 15.1. The minimum atomic E-state index is -3.93. The number of hydrogen-bond acceptors (Lipinski definition) is 6. The number of hydrogen-bond donors (Lipinski definition) is 2. The van der Waals surface area contributed by atoms with E-state index in [0.717, 1.165) is 44.0 Å².